The van der Waals surface area contributed by atoms with Gasteiger partial charge in [-0.25, -0.2) is 22.4 Å². The number of aryl methyl sites for hydroxylation is 1. The number of halogens is 7. The Bertz CT molecular complexity index is 2430. The van der Waals surface area contributed by atoms with E-state index in [1.165, 1.54) is 55.5 Å². The summed E-state index contributed by atoms with van der Waals surface area (Å²) >= 11 is 15.5. The van der Waals surface area contributed by atoms with Crippen LogP contribution in [0.1, 0.15) is 57.3 Å². The topological polar surface area (TPSA) is 94.8 Å². The van der Waals surface area contributed by atoms with E-state index < -0.39 is 29.2 Å². The van der Waals surface area contributed by atoms with Crippen molar-refractivity contribution in [3.05, 3.63) is 169 Å². The molecule has 1 N–H and O–H groups in total. The molecule has 0 amide bonds. The number of carbonyl (C=O) groups excluding carboxylic acids is 2. The van der Waals surface area contributed by atoms with Crippen molar-refractivity contribution in [3.63, 3.8) is 0 Å². The molecule has 5 aromatic carbocycles. The molecule has 0 radical (unpaired) electrons. The first-order valence-electron chi connectivity index (χ1n) is 17.1. The fraction of sp³-hybridized carbons (Fsp3) is 0.140. The van der Waals surface area contributed by atoms with Gasteiger partial charge in [0.05, 0.1) is 27.9 Å². The normalized spacial score (nSPS) is 10.8. The average molecular weight is 886 g/mol. The number of Topliss-reactive ketones (excluding diaryl/α,β-unsaturated/α-hetero) is 2. The number of rotatable bonds is 13. The second-order valence-corrected chi connectivity index (χ2v) is 14.4. The Kier molecular flexibility index (Phi) is 14.3. The number of hydrogen-bond donors (Lipinski definition) is 1. The Balaban J connectivity index is 0.000000230. The molecular weight excluding hydrogens is 853 g/mol. The van der Waals surface area contributed by atoms with Gasteiger partial charge in [0.25, 0.3) is 0 Å². The molecule has 0 unspecified atom stereocenters. The lowest BCUT2D eigenvalue weighted by Gasteiger charge is -2.17. The van der Waals surface area contributed by atoms with Crippen LogP contribution in [0, 0.1) is 30.2 Å². The quantitative estimate of drug-likeness (QED) is 0.0917. The van der Waals surface area contributed by atoms with E-state index >= 15 is 0 Å². The van der Waals surface area contributed by atoms with Crippen LogP contribution >= 0.6 is 39.1 Å². The smallest absolute Gasteiger partial charge is 0.335 e. The summed E-state index contributed by atoms with van der Waals surface area (Å²) in [7, 11) is 0. The summed E-state index contributed by atoms with van der Waals surface area (Å²) in [5.74, 6) is -3.80. The maximum atomic E-state index is 14.1. The first kappa shape index (κ1) is 42.7. The molecule has 0 saturated carbocycles. The van der Waals surface area contributed by atoms with Crippen molar-refractivity contribution in [1.29, 1.82) is 0 Å². The first-order chi connectivity index (χ1) is 27.1. The Hall–Kier alpha value is -5.43. The lowest BCUT2D eigenvalue weighted by Crippen LogP contribution is -2.07. The summed E-state index contributed by atoms with van der Waals surface area (Å²) < 4.78 is 69.1. The van der Waals surface area contributed by atoms with E-state index in [9.17, 15) is 37.1 Å². The molecule has 1 aromatic heterocycles. The van der Waals surface area contributed by atoms with Crippen LogP contribution in [0.4, 0.5) is 17.6 Å². The molecule has 1 heterocycles. The van der Waals surface area contributed by atoms with Crippen molar-refractivity contribution >= 4 is 56.7 Å². The van der Waals surface area contributed by atoms with Crippen LogP contribution in [0.5, 0.6) is 11.5 Å². The van der Waals surface area contributed by atoms with Crippen molar-refractivity contribution in [2.24, 2.45) is 0 Å². The van der Waals surface area contributed by atoms with Crippen LogP contribution in [0.15, 0.2) is 108 Å². The van der Waals surface area contributed by atoms with Gasteiger partial charge in [-0.1, -0.05) is 51.3 Å². The van der Waals surface area contributed by atoms with Crippen molar-refractivity contribution in [3.8, 4) is 28.4 Å². The van der Waals surface area contributed by atoms with Gasteiger partial charge < -0.3 is 23.9 Å². The second-order valence-electron chi connectivity index (χ2n) is 12.6. The fourth-order valence-electron chi connectivity index (χ4n) is 5.66. The minimum Gasteiger partial charge on any atom is -0.488 e. The van der Waals surface area contributed by atoms with Gasteiger partial charge in [0.15, 0.2) is 5.78 Å². The van der Waals surface area contributed by atoms with Gasteiger partial charge in [-0.15, -0.1) is 0 Å². The third kappa shape index (κ3) is 10.9. The number of hydrogen-bond acceptors (Lipinski definition) is 5. The average Bonchev–Trinajstić information content (AvgIpc) is 3.55. The number of aromatic nitrogens is 1. The van der Waals surface area contributed by atoms with Crippen LogP contribution in [0.3, 0.4) is 0 Å². The van der Waals surface area contributed by atoms with Crippen molar-refractivity contribution in [1.82, 2.24) is 4.57 Å². The van der Waals surface area contributed by atoms with Gasteiger partial charge in [0, 0.05) is 44.3 Å². The number of carboxylic acid groups (broad SMARTS) is 1. The molecule has 7 nitrogen and oxygen atoms in total. The van der Waals surface area contributed by atoms with Crippen LogP contribution in [-0.4, -0.2) is 27.2 Å². The van der Waals surface area contributed by atoms with Gasteiger partial charge in [0.1, 0.15) is 53.8 Å². The Morgan fingerprint density at radius 3 is 1.81 bits per heavy atom. The van der Waals surface area contributed by atoms with Gasteiger partial charge in [-0.2, -0.15) is 0 Å². The summed E-state index contributed by atoms with van der Waals surface area (Å²) in [5.41, 5.74) is 2.61. The Morgan fingerprint density at radius 1 is 0.702 bits per heavy atom. The third-order valence-corrected chi connectivity index (χ3v) is 9.42. The lowest BCUT2D eigenvalue weighted by molar-refractivity contribution is -0.117. The molecule has 0 saturated heterocycles. The van der Waals surface area contributed by atoms with Gasteiger partial charge in [-0.05, 0) is 105 Å². The van der Waals surface area contributed by atoms with Crippen molar-refractivity contribution < 1.29 is 46.5 Å². The van der Waals surface area contributed by atoms with E-state index in [-0.39, 0.29) is 65.6 Å². The van der Waals surface area contributed by atoms with Gasteiger partial charge >= 0.3 is 5.97 Å². The van der Waals surface area contributed by atoms with Crippen molar-refractivity contribution in [2.45, 2.75) is 39.9 Å². The first-order valence-corrected chi connectivity index (χ1v) is 18.6. The van der Waals surface area contributed by atoms with E-state index in [0.717, 1.165) is 17.8 Å². The summed E-state index contributed by atoms with van der Waals surface area (Å²) in [4.78, 5) is 34.8. The van der Waals surface area contributed by atoms with E-state index in [4.69, 9.17) is 32.7 Å². The second kappa shape index (κ2) is 19.1. The number of carboxylic acids is 1. The van der Waals surface area contributed by atoms with Crippen LogP contribution < -0.4 is 9.47 Å². The molecule has 0 atom stereocenters. The summed E-state index contributed by atoms with van der Waals surface area (Å²) in [6.07, 6.45) is 0.118. The Labute approximate surface area is 343 Å². The maximum absolute atomic E-state index is 14.1. The highest BCUT2D eigenvalue weighted by Gasteiger charge is 2.19. The molecule has 6 aromatic rings. The Morgan fingerprint density at radius 2 is 1.25 bits per heavy atom. The summed E-state index contributed by atoms with van der Waals surface area (Å²) in [6, 6.07) is 25.1. The molecule has 0 bridgehead atoms. The van der Waals surface area contributed by atoms with E-state index in [2.05, 4.69) is 15.9 Å². The minimum atomic E-state index is -1.05. The minimum absolute atomic E-state index is 0.0140. The monoisotopic (exact) mass is 883 g/mol. The summed E-state index contributed by atoms with van der Waals surface area (Å²) in [6.45, 7) is 2.59. The van der Waals surface area contributed by atoms with E-state index in [1.54, 1.807) is 30.3 Å². The van der Waals surface area contributed by atoms with Gasteiger partial charge in [-0.3, -0.25) is 4.79 Å². The molecular formula is C43H32BrCl2F4NO6. The highest BCUT2D eigenvalue weighted by Crippen LogP contribution is 2.37. The van der Waals surface area contributed by atoms with Crippen LogP contribution in [-0.2, 0) is 18.0 Å². The SMILES string of the molecule is CC(=O)CCC(=O)c1cc(Cl)ccc1OCc1c(F)cccc1F.Cc1ccc(-c2cc(Cl)ccc2OCc2c(F)cccc2F)n1-c1cc(Br)cc(C(=O)O)c1. The molecule has 0 aliphatic rings. The number of ketones is 2. The predicted molar refractivity (Wildman–Crippen MR) is 213 cm³/mol. The van der Waals surface area contributed by atoms with Crippen LogP contribution in [0.2, 0.25) is 10.0 Å². The van der Waals surface area contributed by atoms with Crippen LogP contribution in [0.25, 0.3) is 16.9 Å². The number of carbonyl (C=O) groups is 3. The number of aromatic carboxylic acids is 1. The molecule has 294 valence electrons. The largest absolute Gasteiger partial charge is 0.488 e. The number of ether oxygens (including phenoxy) is 2. The highest BCUT2D eigenvalue weighted by molar-refractivity contribution is 9.10. The predicted octanol–water partition coefficient (Wildman–Crippen LogP) is 12.2. The zero-order valence-corrected chi connectivity index (χ0v) is 33.3. The zero-order valence-electron chi connectivity index (χ0n) is 30.2. The lowest BCUT2D eigenvalue weighted by atomic mass is 10.0. The standard InChI is InChI=1S/C25H17BrClF2NO3.C18H15ClF2O3/c1-14-5-7-23(30(14)18-10-15(25(31)32)9-16(26)11-18)19-12-17(27)6-8-24(19)33-13-20-21(28)3-2-4-22(20)29;1-11(22)5-7-17(23)13-9-12(19)6-8-18(13)24-10-14-15(20)3-2-4-16(14)21/h2-12H,13H2,1H3,(H,31,32);2-4,6,8-9H,5,7,10H2,1H3. The fourth-order valence-corrected chi connectivity index (χ4v) is 6.48. The molecule has 57 heavy (non-hydrogen) atoms. The molecule has 6 rings (SSSR count). The zero-order chi connectivity index (χ0) is 41.4. The summed E-state index contributed by atoms with van der Waals surface area (Å²) in [5, 5.41) is 10.2. The van der Waals surface area contributed by atoms with E-state index in [0.29, 0.717) is 37.2 Å². The molecule has 14 heteroatoms. The highest BCUT2D eigenvalue weighted by atomic mass is 79.9. The number of nitrogens with zero attached hydrogens (tertiary/aromatic N) is 1. The van der Waals surface area contributed by atoms with Crippen molar-refractivity contribution in [2.75, 3.05) is 0 Å². The maximum Gasteiger partial charge on any atom is 0.335 e. The molecule has 0 spiro atoms. The number of benzene rings is 5. The molecule has 0 aliphatic carbocycles. The third-order valence-electron chi connectivity index (χ3n) is 8.49. The molecule has 0 aliphatic heterocycles. The van der Waals surface area contributed by atoms with E-state index in [1.807, 2.05) is 23.6 Å². The molecule has 0 fully saturated rings. The van der Waals surface area contributed by atoms with Gasteiger partial charge in [0.2, 0.25) is 0 Å².